The molecule has 0 aromatic rings. The monoisotopic (exact) mass is 124 g/mol. The van der Waals surface area contributed by atoms with Crippen molar-refractivity contribution in [1.82, 2.24) is 0 Å². The number of carbonyl (C=O) groups is 1. The summed E-state index contributed by atoms with van der Waals surface area (Å²) in [4.78, 5) is 10.5. The lowest BCUT2D eigenvalue weighted by Crippen LogP contribution is -2.02. The number of hydrogen-bond donors (Lipinski definition) is 0. The molecule has 9 heavy (non-hydrogen) atoms. The molecule has 0 unspecified atom stereocenters. The largest absolute Gasteiger partial charge is 0.466 e. The third kappa shape index (κ3) is 2.55. The van der Waals surface area contributed by atoms with Gasteiger partial charge in [-0.1, -0.05) is 6.58 Å². The van der Waals surface area contributed by atoms with Gasteiger partial charge in [0.15, 0.2) is 0 Å². The Kier molecular flexibility index (Phi) is 3.22. The number of terminal acetylenes is 1. The Balaban J connectivity index is 3.77. The third-order valence-corrected chi connectivity index (χ3v) is 0.790. The number of ether oxygens (including phenoxy) is 1. The van der Waals surface area contributed by atoms with Gasteiger partial charge in [-0.25, -0.2) is 4.79 Å². The molecule has 0 spiro atoms. The molecule has 48 valence electrons. The summed E-state index contributed by atoms with van der Waals surface area (Å²) in [6, 6.07) is 0. The number of methoxy groups -OCH3 is 1. The van der Waals surface area contributed by atoms with Crippen LogP contribution in [0.2, 0.25) is 0 Å². The molecule has 0 atom stereocenters. The molecule has 0 rings (SSSR count). The second-order valence-corrected chi connectivity index (χ2v) is 1.48. The van der Waals surface area contributed by atoms with E-state index in [4.69, 9.17) is 6.42 Å². The zero-order valence-corrected chi connectivity index (χ0v) is 5.31. The summed E-state index contributed by atoms with van der Waals surface area (Å²) in [5, 5.41) is 0. The molecule has 0 N–H and O–H groups in total. The standard InChI is InChI=1S/C7H8O2/c1-4-5-6(2)7(8)9-3/h1H,2,5H2,3H3. The van der Waals surface area contributed by atoms with Crippen molar-refractivity contribution in [3.05, 3.63) is 12.2 Å². The SMILES string of the molecule is C#CCC(=C)C(=O)OC. The summed E-state index contributed by atoms with van der Waals surface area (Å²) in [5.41, 5.74) is 0.319. The third-order valence-electron chi connectivity index (χ3n) is 0.790. The Morgan fingerprint density at radius 1 is 1.89 bits per heavy atom. The highest BCUT2D eigenvalue weighted by molar-refractivity contribution is 5.88. The van der Waals surface area contributed by atoms with Gasteiger partial charge >= 0.3 is 5.97 Å². The molecule has 0 aliphatic heterocycles. The zero-order valence-electron chi connectivity index (χ0n) is 5.31. The fourth-order valence-electron chi connectivity index (χ4n) is 0.340. The Morgan fingerprint density at radius 3 is 2.78 bits per heavy atom. The molecule has 0 aromatic heterocycles. The first-order valence-corrected chi connectivity index (χ1v) is 2.42. The first-order valence-electron chi connectivity index (χ1n) is 2.42. The summed E-state index contributed by atoms with van der Waals surface area (Å²) in [7, 11) is 1.30. The molecule has 0 bridgehead atoms. The molecule has 0 heterocycles. The smallest absolute Gasteiger partial charge is 0.334 e. The number of carbonyl (C=O) groups excluding carboxylic acids is 1. The van der Waals surface area contributed by atoms with E-state index in [1.54, 1.807) is 0 Å². The molecule has 0 aromatic carbocycles. The van der Waals surface area contributed by atoms with Crippen LogP contribution in [0.4, 0.5) is 0 Å². The molecule has 0 aliphatic rings. The molecule has 0 fully saturated rings. The van der Waals surface area contributed by atoms with E-state index in [-0.39, 0.29) is 6.42 Å². The highest BCUT2D eigenvalue weighted by Crippen LogP contribution is 1.96. The van der Waals surface area contributed by atoms with Crippen LogP contribution in [-0.4, -0.2) is 13.1 Å². The zero-order chi connectivity index (χ0) is 7.28. The molecular formula is C7H8O2. The van der Waals surface area contributed by atoms with E-state index in [1.807, 2.05) is 0 Å². The number of hydrogen-bond acceptors (Lipinski definition) is 2. The predicted molar refractivity (Wildman–Crippen MR) is 34.6 cm³/mol. The average Bonchev–Trinajstić information content (AvgIpc) is 1.87. The van der Waals surface area contributed by atoms with E-state index < -0.39 is 5.97 Å². The number of esters is 1. The second-order valence-electron chi connectivity index (χ2n) is 1.48. The van der Waals surface area contributed by atoms with Crippen molar-refractivity contribution in [3.8, 4) is 12.3 Å². The maximum atomic E-state index is 10.5. The lowest BCUT2D eigenvalue weighted by molar-refractivity contribution is -0.136. The van der Waals surface area contributed by atoms with E-state index in [9.17, 15) is 4.79 Å². The molecule has 0 radical (unpaired) electrons. The second kappa shape index (κ2) is 3.73. The summed E-state index contributed by atoms with van der Waals surface area (Å²) < 4.78 is 4.33. The lowest BCUT2D eigenvalue weighted by atomic mass is 10.2. The Hall–Kier alpha value is -1.23. The minimum absolute atomic E-state index is 0.257. The molecule has 0 aliphatic carbocycles. The first kappa shape index (κ1) is 7.77. The van der Waals surface area contributed by atoms with Gasteiger partial charge in [0.05, 0.1) is 7.11 Å². The minimum atomic E-state index is -0.437. The van der Waals surface area contributed by atoms with Gasteiger partial charge in [0.1, 0.15) is 0 Å². The van der Waals surface area contributed by atoms with Crippen LogP contribution in [0, 0.1) is 12.3 Å². The quantitative estimate of drug-likeness (QED) is 0.308. The average molecular weight is 124 g/mol. The highest BCUT2D eigenvalue weighted by atomic mass is 16.5. The van der Waals surface area contributed by atoms with Crippen molar-refractivity contribution >= 4 is 5.97 Å². The van der Waals surface area contributed by atoms with Crippen LogP contribution in [0.1, 0.15) is 6.42 Å². The van der Waals surface area contributed by atoms with Crippen molar-refractivity contribution < 1.29 is 9.53 Å². The van der Waals surface area contributed by atoms with E-state index in [0.717, 1.165) is 0 Å². The fourth-order valence-corrected chi connectivity index (χ4v) is 0.340. The number of rotatable bonds is 2. The highest BCUT2D eigenvalue weighted by Gasteiger charge is 2.02. The van der Waals surface area contributed by atoms with E-state index in [0.29, 0.717) is 5.57 Å². The van der Waals surface area contributed by atoms with Crippen molar-refractivity contribution in [2.24, 2.45) is 0 Å². The van der Waals surface area contributed by atoms with Gasteiger partial charge in [0.25, 0.3) is 0 Å². The Bertz CT molecular complexity index is 162. The van der Waals surface area contributed by atoms with Crippen LogP contribution in [-0.2, 0) is 9.53 Å². The van der Waals surface area contributed by atoms with Gasteiger partial charge in [0, 0.05) is 12.0 Å². The normalized spacial score (nSPS) is 7.56. The summed E-state index contributed by atoms with van der Waals surface area (Å²) in [6.45, 7) is 3.40. The van der Waals surface area contributed by atoms with E-state index in [2.05, 4.69) is 17.2 Å². The van der Waals surface area contributed by atoms with Crippen molar-refractivity contribution in [2.45, 2.75) is 6.42 Å². The summed E-state index contributed by atoms with van der Waals surface area (Å²) >= 11 is 0. The summed E-state index contributed by atoms with van der Waals surface area (Å²) in [6.07, 6.45) is 5.16. The van der Waals surface area contributed by atoms with Gasteiger partial charge < -0.3 is 4.74 Å². The maximum Gasteiger partial charge on any atom is 0.334 e. The topological polar surface area (TPSA) is 26.3 Å². The van der Waals surface area contributed by atoms with Gasteiger partial charge in [0.2, 0.25) is 0 Å². The minimum Gasteiger partial charge on any atom is -0.466 e. The van der Waals surface area contributed by atoms with Crippen molar-refractivity contribution in [1.29, 1.82) is 0 Å². The van der Waals surface area contributed by atoms with E-state index in [1.165, 1.54) is 7.11 Å². The predicted octanol–water partition coefficient (Wildman–Crippen LogP) is 0.739. The molecule has 0 saturated carbocycles. The maximum absolute atomic E-state index is 10.5. The summed E-state index contributed by atoms with van der Waals surface area (Å²) in [5.74, 6) is 1.85. The fraction of sp³-hybridized carbons (Fsp3) is 0.286. The van der Waals surface area contributed by atoms with Gasteiger partial charge in [-0.05, 0) is 0 Å². The van der Waals surface area contributed by atoms with Crippen LogP contribution >= 0.6 is 0 Å². The van der Waals surface area contributed by atoms with Gasteiger partial charge in [-0.2, -0.15) is 0 Å². The van der Waals surface area contributed by atoms with Crippen LogP contribution < -0.4 is 0 Å². The van der Waals surface area contributed by atoms with Crippen molar-refractivity contribution in [3.63, 3.8) is 0 Å². The molecular weight excluding hydrogens is 116 g/mol. The van der Waals surface area contributed by atoms with Crippen molar-refractivity contribution in [2.75, 3.05) is 7.11 Å². The van der Waals surface area contributed by atoms with E-state index >= 15 is 0 Å². The molecule has 0 amide bonds. The van der Waals surface area contributed by atoms with Crippen LogP contribution in [0.15, 0.2) is 12.2 Å². The Labute approximate surface area is 54.5 Å². The first-order chi connectivity index (χ1) is 4.22. The van der Waals surface area contributed by atoms with Crippen LogP contribution in [0.25, 0.3) is 0 Å². The Morgan fingerprint density at radius 2 is 2.44 bits per heavy atom. The molecule has 2 heteroatoms. The van der Waals surface area contributed by atoms with Crippen LogP contribution in [0.5, 0.6) is 0 Å². The van der Waals surface area contributed by atoms with Gasteiger partial charge in [-0.3, -0.25) is 0 Å². The van der Waals surface area contributed by atoms with Gasteiger partial charge in [-0.15, -0.1) is 12.3 Å². The molecule has 0 saturated heterocycles. The van der Waals surface area contributed by atoms with Crippen LogP contribution in [0.3, 0.4) is 0 Å². The molecule has 2 nitrogen and oxygen atoms in total. The lowest BCUT2D eigenvalue weighted by Gasteiger charge is -1.95.